The summed E-state index contributed by atoms with van der Waals surface area (Å²) in [5.74, 6) is -0.0801. The third-order valence-electron chi connectivity index (χ3n) is 2.91. The third-order valence-corrected chi connectivity index (χ3v) is 2.91. The zero-order chi connectivity index (χ0) is 16.5. The van der Waals surface area contributed by atoms with Crippen LogP contribution in [-0.2, 0) is 4.74 Å². The van der Waals surface area contributed by atoms with E-state index in [1.165, 1.54) is 15.8 Å². The predicted molar refractivity (Wildman–Crippen MR) is 70.6 cm³/mol. The van der Waals surface area contributed by atoms with Crippen LogP contribution in [0, 0.1) is 0 Å². The van der Waals surface area contributed by atoms with Gasteiger partial charge in [0, 0.05) is 13.1 Å². The maximum atomic E-state index is 12.8. The van der Waals surface area contributed by atoms with E-state index >= 15 is 0 Å². The van der Waals surface area contributed by atoms with Gasteiger partial charge in [-0.15, -0.1) is 0 Å². The van der Waals surface area contributed by atoms with Gasteiger partial charge in [-0.05, 0) is 20.8 Å². The van der Waals surface area contributed by atoms with Crippen LogP contribution < -0.4 is 4.74 Å². The molecule has 1 atom stereocenters. The number of rotatable bonds is 4. The summed E-state index contributed by atoms with van der Waals surface area (Å²) in [5.41, 5.74) is -0.569. The quantitative estimate of drug-likeness (QED) is 0.855. The van der Waals surface area contributed by atoms with Gasteiger partial charge in [-0.3, -0.25) is 4.68 Å². The number of ether oxygens (including phenoxy) is 2. The van der Waals surface area contributed by atoms with Crippen LogP contribution in [0.1, 0.15) is 26.8 Å². The fourth-order valence-electron chi connectivity index (χ4n) is 1.86. The Labute approximate surface area is 125 Å². The van der Waals surface area contributed by atoms with Crippen LogP contribution in [0.3, 0.4) is 0 Å². The molecule has 124 valence electrons. The molecule has 2 rings (SSSR count). The van der Waals surface area contributed by atoms with E-state index < -0.39 is 24.5 Å². The number of aromatic nitrogens is 2. The smallest absolute Gasteiger partial charge is 0.410 e. The lowest BCUT2D eigenvalue weighted by atomic mass is 10.1. The molecular weight excluding hydrogens is 303 g/mol. The molecule has 0 bridgehead atoms. The maximum absolute atomic E-state index is 12.8. The van der Waals surface area contributed by atoms with Crippen molar-refractivity contribution < 1.29 is 27.4 Å². The van der Waals surface area contributed by atoms with Crippen LogP contribution in [-0.4, -0.2) is 52.2 Å². The number of likely N-dealkylation sites (tertiary alicyclic amines) is 1. The second-order valence-corrected chi connectivity index (χ2v) is 6.00. The first-order chi connectivity index (χ1) is 10.2. The van der Waals surface area contributed by atoms with Crippen molar-refractivity contribution in [3.63, 3.8) is 0 Å². The first-order valence-corrected chi connectivity index (χ1v) is 6.76. The molecule has 0 aromatic carbocycles. The predicted octanol–water partition coefficient (Wildman–Crippen LogP) is 2.61. The largest absolute Gasteiger partial charge is 0.451 e. The Bertz CT molecular complexity index is 524. The topological polar surface area (TPSA) is 56.6 Å². The summed E-state index contributed by atoms with van der Waals surface area (Å²) in [7, 11) is 0. The SMILES string of the molecule is CC(C)(C)OC(=O)N1CC(n2cc(OC(F)C(F)F)cn2)C1. The lowest BCUT2D eigenvalue weighted by molar-refractivity contribution is -0.0670. The van der Waals surface area contributed by atoms with E-state index in [2.05, 4.69) is 9.84 Å². The molecule has 1 aliphatic rings. The molecule has 1 amide bonds. The molecule has 9 heteroatoms. The first kappa shape index (κ1) is 16.4. The Hall–Kier alpha value is -1.93. The van der Waals surface area contributed by atoms with E-state index in [-0.39, 0.29) is 11.8 Å². The summed E-state index contributed by atoms with van der Waals surface area (Å²) in [6, 6.07) is -0.116. The number of halogens is 3. The van der Waals surface area contributed by atoms with E-state index in [0.29, 0.717) is 13.1 Å². The van der Waals surface area contributed by atoms with Gasteiger partial charge in [0.15, 0.2) is 5.75 Å². The molecule has 2 heterocycles. The molecule has 0 radical (unpaired) electrons. The normalized spacial score (nSPS) is 17.3. The van der Waals surface area contributed by atoms with Gasteiger partial charge >= 0.3 is 12.5 Å². The zero-order valence-electron chi connectivity index (χ0n) is 12.5. The van der Waals surface area contributed by atoms with Crippen LogP contribution >= 0.6 is 0 Å². The van der Waals surface area contributed by atoms with Gasteiger partial charge in [0.05, 0.1) is 18.4 Å². The minimum atomic E-state index is -3.21. The first-order valence-electron chi connectivity index (χ1n) is 6.76. The molecule has 1 aliphatic heterocycles. The van der Waals surface area contributed by atoms with Crippen molar-refractivity contribution in [1.82, 2.24) is 14.7 Å². The monoisotopic (exact) mass is 321 g/mol. The second kappa shape index (κ2) is 6.05. The van der Waals surface area contributed by atoms with Gasteiger partial charge in [-0.1, -0.05) is 0 Å². The fraction of sp³-hybridized carbons (Fsp3) is 0.692. The highest BCUT2D eigenvalue weighted by atomic mass is 19.3. The van der Waals surface area contributed by atoms with E-state index in [1.54, 1.807) is 20.8 Å². The molecular formula is C13H18F3N3O3. The van der Waals surface area contributed by atoms with Gasteiger partial charge in [0.25, 0.3) is 6.36 Å². The van der Waals surface area contributed by atoms with Crippen molar-refractivity contribution in [3.05, 3.63) is 12.4 Å². The third kappa shape index (κ3) is 4.05. The van der Waals surface area contributed by atoms with E-state index in [0.717, 1.165) is 6.20 Å². The van der Waals surface area contributed by atoms with Crippen molar-refractivity contribution in [3.8, 4) is 5.75 Å². The molecule has 0 spiro atoms. The molecule has 6 nitrogen and oxygen atoms in total. The standard InChI is InChI=1S/C13H18F3N3O3/c1-13(2,3)22-12(20)18-5-8(6-18)19-7-9(4-17-19)21-11(16)10(14)15/h4,7-8,10-11H,5-6H2,1-3H3. The Morgan fingerprint density at radius 2 is 2.00 bits per heavy atom. The number of amides is 1. The minimum absolute atomic E-state index is 0.0801. The number of alkyl halides is 3. The van der Waals surface area contributed by atoms with Crippen LogP contribution in [0.2, 0.25) is 0 Å². The summed E-state index contributed by atoms with van der Waals surface area (Å²) in [6.07, 6.45) is -3.84. The van der Waals surface area contributed by atoms with Crippen LogP contribution in [0.4, 0.5) is 18.0 Å². The van der Waals surface area contributed by atoms with Gasteiger partial charge in [0.2, 0.25) is 0 Å². The molecule has 1 saturated heterocycles. The minimum Gasteiger partial charge on any atom is -0.451 e. The number of hydrogen-bond acceptors (Lipinski definition) is 4. The summed E-state index contributed by atoms with van der Waals surface area (Å²) in [6.45, 7) is 6.08. The van der Waals surface area contributed by atoms with Crippen LogP contribution in [0.25, 0.3) is 0 Å². The van der Waals surface area contributed by atoms with E-state index in [9.17, 15) is 18.0 Å². The number of carbonyl (C=O) groups excluding carboxylic acids is 1. The Balaban J connectivity index is 1.84. The number of nitrogens with zero attached hydrogens (tertiary/aromatic N) is 3. The highest BCUT2D eigenvalue weighted by Gasteiger charge is 2.35. The zero-order valence-corrected chi connectivity index (χ0v) is 12.5. The number of carbonyl (C=O) groups is 1. The van der Waals surface area contributed by atoms with Crippen molar-refractivity contribution >= 4 is 6.09 Å². The number of hydrogen-bond donors (Lipinski definition) is 0. The Kier molecular flexibility index (Phi) is 4.52. The highest BCUT2D eigenvalue weighted by Crippen LogP contribution is 2.25. The van der Waals surface area contributed by atoms with Crippen LogP contribution in [0.5, 0.6) is 5.75 Å². The summed E-state index contributed by atoms with van der Waals surface area (Å²) in [4.78, 5) is 13.3. The van der Waals surface area contributed by atoms with Crippen molar-refractivity contribution in [1.29, 1.82) is 0 Å². The van der Waals surface area contributed by atoms with Crippen molar-refractivity contribution in [2.75, 3.05) is 13.1 Å². The van der Waals surface area contributed by atoms with E-state index in [1.807, 2.05) is 0 Å². The summed E-state index contributed by atoms with van der Waals surface area (Å²) < 4.78 is 47.9. The van der Waals surface area contributed by atoms with Crippen molar-refractivity contribution in [2.45, 2.75) is 45.2 Å². The molecule has 0 aliphatic carbocycles. The molecule has 1 unspecified atom stereocenters. The van der Waals surface area contributed by atoms with E-state index in [4.69, 9.17) is 4.74 Å². The maximum Gasteiger partial charge on any atom is 0.410 e. The highest BCUT2D eigenvalue weighted by molar-refractivity contribution is 5.69. The molecule has 0 N–H and O–H groups in total. The van der Waals surface area contributed by atoms with Crippen molar-refractivity contribution in [2.24, 2.45) is 0 Å². The Morgan fingerprint density at radius 3 is 2.55 bits per heavy atom. The van der Waals surface area contributed by atoms with Gasteiger partial charge < -0.3 is 14.4 Å². The molecule has 0 saturated carbocycles. The fourth-order valence-corrected chi connectivity index (χ4v) is 1.86. The van der Waals surface area contributed by atoms with Crippen LogP contribution in [0.15, 0.2) is 12.4 Å². The molecule has 22 heavy (non-hydrogen) atoms. The second-order valence-electron chi connectivity index (χ2n) is 6.00. The molecule has 1 aromatic rings. The average molecular weight is 321 g/mol. The molecule has 1 aromatic heterocycles. The van der Waals surface area contributed by atoms with Gasteiger partial charge in [-0.25, -0.2) is 13.6 Å². The average Bonchev–Trinajstić information content (AvgIpc) is 2.72. The van der Waals surface area contributed by atoms with Gasteiger partial charge in [-0.2, -0.15) is 9.49 Å². The molecule has 1 fully saturated rings. The van der Waals surface area contributed by atoms with Gasteiger partial charge in [0.1, 0.15) is 5.60 Å². The summed E-state index contributed by atoms with van der Waals surface area (Å²) in [5, 5.41) is 3.92. The lowest BCUT2D eigenvalue weighted by Gasteiger charge is -2.39. The summed E-state index contributed by atoms with van der Waals surface area (Å²) >= 11 is 0. The lowest BCUT2D eigenvalue weighted by Crippen LogP contribution is -2.52. The Morgan fingerprint density at radius 1 is 1.36 bits per heavy atom.